The van der Waals surface area contributed by atoms with Gasteiger partial charge in [-0.2, -0.15) is 0 Å². The van der Waals surface area contributed by atoms with Crippen LogP contribution < -0.4 is 5.32 Å². The summed E-state index contributed by atoms with van der Waals surface area (Å²) in [6.07, 6.45) is 2.86. The van der Waals surface area contributed by atoms with Gasteiger partial charge in [0.1, 0.15) is 0 Å². The number of carbonyl (C=O) groups is 2. The molecule has 0 saturated carbocycles. The number of piperidine rings is 1. The van der Waals surface area contributed by atoms with Crippen molar-refractivity contribution in [2.45, 2.75) is 38.6 Å². The molecule has 1 aliphatic rings. The third-order valence-corrected chi connectivity index (χ3v) is 3.22. The molecule has 0 aliphatic carbocycles. The van der Waals surface area contributed by atoms with E-state index in [0.717, 1.165) is 19.3 Å². The fourth-order valence-electron chi connectivity index (χ4n) is 2.19. The topological polar surface area (TPSA) is 89.9 Å². The molecule has 1 aliphatic heterocycles. The summed E-state index contributed by atoms with van der Waals surface area (Å²) in [5, 5.41) is 20.6. The molecule has 2 amide bonds. The molecule has 104 valence electrons. The SMILES string of the molecule is CC(CNC(=O)N1CCCCC1CO)CC(=O)O. The normalized spacial score (nSPS) is 21.4. The van der Waals surface area contributed by atoms with Crippen LogP contribution in [-0.4, -0.2) is 52.9 Å². The van der Waals surface area contributed by atoms with Gasteiger partial charge in [-0.15, -0.1) is 0 Å². The van der Waals surface area contributed by atoms with Gasteiger partial charge >= 0.3 is 12.0 Å². The zero-order chi connectivity index (χ0) is 13.5. The number of hydrogen-bond acceptors (Lipinski definition) is 3. The lowest BCUT2D eigenvalue weighted by Crippen LogP contribution is -2.50. The van der Waals surface area contributed by atoms with Gasteiger partial charge in [0.25, 0.3) is 0 Å². The second-order valence-corrected chi connectivity index (χ2v) is 4.91. The number of amides is 2. The van der Waals surface area contributed by atoms with Crippen LogP contribution >= 0.6 is 0 Å². The van der Waals surface area contributed by atoms with E-state index >= 15 is 0 Å². The van der Waals surface area contributed by atoms with E-state index in [2.05, 4.69) is 5.32 Å². The Labute approximate surface area is 107 Å². The number of likely N-dealkylation sites (tertiary alicyclic amines) is 1. The number of carbonyl (C=O) groups excluding carboxylic acids is 1. The molecule has 2 atom stereocenters. The van der Waals surface area contributed by atoms with Gasteiger partial charge in [-0.3, -0.25) is 4.79 Å². The van der Waals surface area contributed by atoms with Crippen LogP contribution in [0.5, 0.6) is 0 Å². The molecule has 18 heavy (non-hydrogen) atoms. The van der Waals surface area contributed by atoms with Gasteiger partial charge in [0, 0.05) is 19.5 Å². The fraction of sp³-hybridized carbons (Fsp3) is 0.833. The first-order valence-electron chi connectivity index (χ1n) is 6.41. The average molecular weight is 258 g/mol. The van der Waals surface area contributed by atoms with Gasteiger partial charge in [-0.25, -0.2) is 4.79 Å². The highest BCUT2D eigenvalue weighted by atomic mass is 16.4. The van der Waals surface area contributed by atoms with E-state index in [-0.39, 0.29) is 31.0 Å². The van der Waals surface area contributed by atoms with Crippen molar-refractivity contribution in [3.8, 4) is 0 Å². The predicted octanol–water partition coefficient (Wildman–Crippen LogP) is 0.654. The summed E-state index contributed by atoms with van der Waals surface area (Å²) in [5.74, 6) is -0.952. The molecule has 0 radical (unpaired) electrons. The van der Waals surface area contributed by atoms with Crippen molar-refractivity contribution < 1.29 is 19.8 Å². The fourth-order valence-corrected chi connectivity index (χ4v) is 2.19. The van der Waals surface area contributed by atoms with Crippen LogP contribution in [0.1, 0.15) is 32.6 Å². The van der Waals surface area contributed by atoms with Gasteiger partial charge in [0.2, 0.25) is 0 Å². The molecular weight excluding hydrogens is 236 g/mol. The highest BCUT2D eigenvalue weighted by Gasteiger charge is 2.26. The Kier molecular flexibility index (Phi) is 5.91. The number of aliphatic hydroxyl groups excluding tert-OH is 1. The number of carboxylic acids is 1. The Morgan fingerprint density at radius 2 is 2.17 bits per heavy atom. The molecule has 0 aromatic rings. The number of urea groups is 1. The summed E-state index contributed by atoms with van der Waals surface area (Å²) >= 11 is 0. The largest absolute Gasteiger partial charge is 0.481 e. The Balaban J connectivity index is 2.36. The zero-order valence-corrected chi connectivity index (χ0v) is 10.8. The van der Waals surface area contributed by atoms with E-state index in [1.165, 1.54) is 0 Å². The molecule has 6 heteroatoms. The summed E-state index contributed by atoms with van der Waals surface area (Å²) in [6.45, 7) is 2.77. The Hall–Kier alpha value is -1.30. The van der Waals surface area contributed by atoms with E-state index in [4.69, 9.17) is 5.11 Å². The van der Waals surface area contributed by atoms with Gasteiger partial charge < -0.3 is 20.4 Å². The van der Waals surface area contributed by atoms with Crippen LogP contribution in [0.3, 0.4) is 0 Å². The molecule has 0 aromatic heterocycles. The quantitative estimate of drug-likeness (QED) is 0.675. The van der Waals surface area contributed by atoms with E-state index in [1.807, 2.05) is 0 Å². The second-order valence-electron chi connectivity index (χ2n) is 4.91. The Morgan fingerprint density at radius 1 is 1.44 bits per heavy atom. The Bertz CT molecular complexity index is 296. The lowest BCUT2D eigenvalue weighted by Gasteiger charge is -2.34. The molecule has 1 fully saturated rings. The van der Waals surface area contributed by atoms with Crippen molar-refractivity contribution in [2.75, 3.05) is 19.7 Å². The molecule has 1 heterocycles. The van der Waals surface area contributed by atoms with Gasteiger partial charge in [-0.05, 0) is 25.2 Å². The third-order valence-electron chi connectivity index (χ3n) is 3.22. The maximum atomic E-state index is 11.9. The number of aliphatic hydroxyl groups is 1. The first-order chi connectivity index (χ1) is 8.54. The Morgan fingerprint density at radius 3 is 2.78 bits per heavy atom. The third kappa shape index (κ3) is 4.52. The number of hydrogen-bond donors (Lipinski definition) is 3. The average Bonchev–Trinajstić information content (AvgIpc) is 2.35. The highest BCUT2D eigenvalue weighted by molar-refractivity contribution is 5.74. The molecule has 3 N–H and O–H groups in total. The number of rotatable bonds is 5. The summed E-state index contributed by atoms with van der Waals surface area (Å²) < 4.78 is 0. The van der Waals surface area contributed by atoms with Crippen LogP contribution in [0.4, 0.5) is 4.79 Å². The zero-order valence-electron chi connectivity index (χ0n) is 10.8. The van der Waals surface area contributed by atoms with Crippen molar-refractivity contribution >= 4 is 12.0 Å². The van der Waals surface area contributed by atoms with Crippen molar-refractivity contribution in [1.29, 1.82) is 0 Å². The number of carboxylic acid groups (broad SMARTS) is 1. The van der Waals surface area contributed by atoms with Crippen LogP contribution in [0.2, 0.25) is 0 Å². The van der Waals surface area contributed by atoms with Crippen molar-refractivity contribution in [1.82, 2.24) is 10.2 Å². The van der Waals surface area contributed by atoms with Crippen molar-refractivity contribution in [3.63, 3.8) is 0 Å². The minimum Gasteiger partial charge on any atom is -0.481 e. The smallest absolute Gasteiger partial charge is 0.317 e. The maximum Gasteiger partial charge on any atom is 0.317 e. The lowest BCUT2D eigenvalue weighted by molar-refractivity contribution is -0.137. The molecule has 0 bridgehead atoms. The van der Waals surface area contributed by atoms with Crippen LogP contribution in [0.25, 0.3) is 0 Å². The minimum atomic E-state index is -0.858. The van der Waals surface area contributed by atoms with E-state index < -0.39 is 5.97 Å². The molecule has 0 aromatic carbocycles. The van der Waals surface area contributed by atoms with Crippen LogP contribution in [0.15, 0.2) is 0 Å². The molecule has 0 spiro atoms. The molecule has 1 rings (SSSR count). The highest BCUT2D eigenvalue weighted by Crippen LogP contribution is 2.16. The number of nitrogens with one attached hydrogen (secondary N) is 1. The van der Waals surface area contributed by atoms with Crippen molar-refractivity contribution in [2.24, 2.45) is 5.92 Å². The van der Waals surface area contributed by atoms with Gasteiger partial charge in [-0.1, -0.05) is 6.92 Å². The first kappa shape index (κ1) is 14.8. The molecule has 2 unspecified atom stereocenters. The van der Waals surface area contributed by atoms with Crippen LogP contribution in [-0.2, 0) is 4.79 Å². The van der Waals surface area contributed by atoms with Gasteiger partial charge in [0.15, 0.2) is 0 Å². The monoisotopic (exact) mass is 258 g/mol. The summed E-state index contributed by atoms with van der Waals surface area (Å²) in [4.78, 5) is 24.1. The second kappa shape index (κ2) is 7.20. The summed E-state index contributed by atoms with van der Waals surface area (Å²) in [5.41, 5.74) is 0. The minimum absolute atomic E-state index is 0.0158. The van der Waals surface area contributed by atoms with Crippen molar-refractivity contribution in [3.05, 3.63) is 0 Å². The predicted molar refractivity (Wildman–Crippen MR) is 66.2 cm³/mol. The lowest BCUT2D eigenvalue weighted by atomic mass is 10.0. The van der Waals surface area contributed by atoms with E-state index in [1.54, 1.807) is 11.8 Å². The summed E-state index contributed by atoms with van der Waals surface area (Å²) in [7, 11) is 0. The van der Waals surface area contributed by atoms with E-state index in [9.17, 15) is 14.7 Å². The number of nitrogens with zero attached hydrogens (tertiary/aromatic N) is 1. The van der Waals surface area contributed by atoms with Gasteiger partial charge in [0.05, 0.1) is 12.6 Å². The standard InChI is InChI=1S/C12H22N2O4/c1-9(6-11(16)17)7-13-12(18)14-5-3-2-4-10(14)8-15/h9-10,15H,2-8H2,1H3,(H,13,18)(H,16,17). The molecule has 6 nitrogen and oxygen atoms in total. The summed E-state index contributed by atoms with van der Waals surface area (Å²) in [6, 6.07) is -0.306. The maximum absolute atomic E-state index is 11.9. The van der Waals surface area contributed by atoms with Crippen LogP contribution in [0, 0.1) is 5.92 Å². The van der Waals surface area contributed by atoms with E-state index in [0.29, 0.717) is 13.1 Å². The molecule has 1 saturated heterocycles. The molecular formula is C12H22N2O4. The first-order valence-corrected chi connectivity index (χ1v) is 6.41. The number of aliphatic carboxylic acids is 1.